The van der Waals surface area contributed by atoms with Crippen LogP contribution in [0.4, 0.5) is 4.39 Å². The number of halogens is 1. The third-order valence-electron chi connectivity index (χ3n) is 5.73. The molecule has 0 bridgehead atoms. The summed E-state index contributed by atoms with van der Waals surface area (Å²) in [6.07, 6.45) is 3.97. The van der Waals surface area contributed by atoms with Crippen LogP contribution >= 0.6 is 0 Å². The maximum absolute atomic E-state index is 13.0. The van der Waals surface area contributed by atoms with Crippen molar-refractivity contribution in [3.05, 3.63) is 35.6 Å². The Balaban J connectivity index is 1.57. The van der Waals surface area contributed by atoms with Gasteiger partial charge in [-0.25, -0.2) is 4.39 Å². The Morgan fingerprint density at radius 1 is 1.22 bits per heavy atom. The number of carboxylic acid groups (broad SMARTS) is 1. The molecule has 3 rings (SSSR count). The number of aliphatic carboxylic acids is 1. The molecule has 0 aromatic heterocycles. The lowest BCUT2D eigenvalue weighted by atomic mass is 9.86. The Hall–Kier alpha value is -1.46. The molecule has 2 aliphatic rings. The lowest BCUT2D eigenvalue weighted by Crippen LogP contribution is -2.41. The predicted molar refractivity (Wildman–Crippen MR) is 84.7 cm³/mol. The van der Waals surface area contributed by atoms with Crippen molar-refractivity contribution in [3.8, 4) is 0 Å². The molecule has 1 heterocycles. The van der Waals surface area contributed by atoms with Crippen molar-refractivity contribution < 1.29 is 19.4 Å². The summed E-state index contributed by atoms with van der Waals surface area (Å²) in [5, 5.41) is 18.9. The quantitative estimate of drug-likeness (QED) is 0.895. The van der Waals surface area contributed by atoms with Crippen LogP contribution in [0.2, 0.25) is 0 Å². The Labute approximate surface area is 135 Å². The standard InChI is InChI=1S/C18H24FNO3/c19-15-3-1-13(2-4-15)14-6-9-20(10-7-14)16-5-8-18(11-16,12-21)17(22)23/h1-4,14,16,21H,5-12H2,(H,22,23)/t16-,18+/m1/s1. The zero-order chi connectivity index (χ0) is 16.4. The van der Waals surface area contributed by atoms with Crippen molar-refractivity contribution >= 4 is 5.97 Å². The first-order valence-corrected chi connectivity index (χ1v) is 8.38. The lowest BCUT2D eigenvalue weighted by molar-refractivity contribution is -0.151. The molecular formula is C18H24FNO3. The molecule has 1 aliphatic heterocycles. The molecule has 1 saturated carbocycles. The predicted octanol–water partition coefficient (Wildman–Crippen LogP) is 2.62. The normalized spacial score (nSPS) is 29.7. The van der Waals surface area contributed by atoms with Gasteiger partial charge in [-0.3, -0.25) is 4.79 Å². The van der Waals surface area contributed by atoms with Gasteiger partial charge in [-0.05, 0) is 68.8 Å². The van der Waals surface area contributed by atoms with E-state index in [0.717, 1.165) is 32.4 Å². The fraction of sp³-hybridized carbons (Fsp3) is 0.611. The first-order chi connectivity index (χ1) is 11.0. The van der Waals surface area contributed by atoms with E-state index in [2.05, 4.69) is 4.90 Å². The summed E-state index contributed by atoms with van der Waals surface area (Å²) in [5.41, 5.74) is 0.242. The molecule has 1 aromatic carbocycles. The van der Waals surface area contributed by atoms with E-state index in [0.29, 0.717) is 18.8 Å². The number of aliphatic hydroxyl groups excluding tert-OH is 1. The number of piperidine rings is 1. The van der Waals surface area contributed by atoms with Crippen molar-refractivity contribution in [2.75, 3.05) is 19.7 Å². The van der Waals surface area contributed by atoms with Gasteiger partial charge in [0.25, 0.3) is 0 Å². The summed E-state index contributed by atoms with van der Waals surface area (Å²) in [5.74, 6) is -0.620. The molecule has 1 aromatic rings. The highest BCUT2D eigenvalue weighted by atomic mass is 19.1. The van der Waals surface area contributed by atoms with E-state index in [1.165, 1.54) is 17.7 Å². The minimum absolute atomic E-state index is 0.203. The van der Waals surface area contributed by atoms with Gasteiger partial charge in [0.15, 0.2) is 0 Å². The number of benzene rings is 1. The second-order valence-electron chi connectivity index (χ2n) is 7.00. The van der Waals surface area contributed by atoms with Crippen LogP contribution in [-0.2, 0) is 4.79 Å². The lowest BCUT2D eigenvalue weighted by Gasteiger charge is -2.36. The van der Waals surface area contributed by atoms with Crippen LogP contribution in [0.25, 0.3) is 0 Å². The highest BCUT2D eigenvalue weighted by Gasteiger charge is 2.47. The number of carboxylic acids is 1. The zero-order valence-corrected chi connectivity index (χ0v) is 13.2. The second-order valence-corrected chi connectivity index (χ2v) is 7.00. The molecule has 2 fully saturated rings. The van der Waals surface area contributed by atoms with Crippen LogP contribution in [0.3, 0.4) is 0 Å². The summed E-state index contributed by atoms with van der Waals surface area (Å²) in [4.78, 5) is 13.8. The monoisotopic (exact) mass is 321 g/mol. The van der Waals surface area contributed by atoms with Crippen molar-refractivity contribution in [2.45, 2.75) is 44.1 Å². The Morgan fingerprint density at radius 2 is 1.87 bits per heavy atom. The minimum atomic E-state index is -0.946. The number of aliphatic hydroxyl groups is 1. The van der Waals surface area contributed by atoms with E-state index in [1.807, 2.05) is 12.1 Å². The molecule has 126 valence electrons. The van der Waals surface area contributed by atoms with E-state index in [1.54, 1.807) is 0 Å². The van der Waals surface area contributed by atoms with Gasteiger partial charge in [0.05, 0.1) is 12.0 Å². The number of nitrogens with zero attached hydrogens (tertiary/aromatic N) is 1. The van der Waals surface area contributed by atoms with Gasteiger partial charge in [0.1, 0.15) is 5.82 Å². The smallest absolute Gasteiger partial charge is 0.312 e. The Kier molecular flexibility index (Phi) is 4.69. The number of rotatable bonds is 4. The van der Waals surface area contributed by atoms with Crippen LogP contribution in [0.1, 0.15) is 43.6 Å². The van der Waals surface area contributed by atoms with Crippen LogP contribution < -0.4 is 0 Å². The minimum Gasteiger partial charge on any atom is -0.481 e. The molecule has 23 heavy (non-hydrogen) atoms. The SMILES string of the molecule is O=C(O)[C@@]1(CO)CC[C@@H](N2CCC(c3ccc(F)cc3)CC2)C1. The van der Waals surface area contributed by atoms with E-state index in [-0.39, 0.29) is 18.5 Å². The van der Waals surface area contributed by atoms with E-state index >= 15 is 0 Å². The molecule has 2 N–H and O–H groups in total. The highest BCUT2D eigenvalue weighted by Crippen LogP contribution is 2.42. The maximum atomic E-state index is 13.0. The average Bonchev–Trinajstić information content (AvgIpc) is 3.02. The van der Waals surface area contributed by atoms with Crippen molar-refractivity contribution in [1.82, 2.24) is 4.90 Å². The molecule has 4 nitrogen and oxygen atoms in total. The number of hydrogen-bond acceptors (Lipinski definition) is 3. The van der Waals surface area contributed by atoms with E-state index < -0.39 is 11.4 Å². The summed E-state index contributed by atoms with van der Waals surface area (Å²) in [7, 11) is 0. The van der Waals surface area contributed by atoms with Crippen LogP contribution in [0.15, 0.2) is 24.3 Å². The maximum Gasteiger partial charge on any atom is 0.312 e. The molecule has 0 unspecified atom stereocenters. The zero-order valence-electron chi connectivity index (χ0n) is 13.2. The van der Waals surface area contributed by atoms with E-state index in [9.17, 15) is 19.4 Å². The van der Waals surface area contributed by atoms with Crippen molar-refractivity contribution in [2.24, 2.45) is 5.41 Å². The first-order valence-electron chi connectivity index (χ1n) is 8.38. The number of hydrogen-bond donors (Lipinski definition) is 2. The molecule has 0 spiro atoms. The summed E-state index contributed by atoms with van der Waals surface area (Å²) < 4.78 is 13.0. The van der Waals surface area contributed by atoms with Gasteiger partial charge in [0, 0.05) is 6.04 Å². The Bertz CT molecular complexity index is 554. The van der Waals surface area contributed by atoms with Gasteiger partial charge >= 0.3 is 5.97 Å². The fourth-order valence-electron chi connectivity index (χ4n) is 4.15. The van der Waals surface area contributed by atoms with Gasteiger partial charge in [-0.15, -0.1) is 0 Å². The summed E-state index contributed by atoms with van der Waals surface area (Å²) >= 11 is 0. The van der Waals surface area contributed by atoms with Gasteiger partial charge in [0.2, 0.25) is 0 Å². The molecule has 1 saturated heterocycles. The largest absolute Gasteiger partial charge is 0.481 e. The number of likely N-dealkylation sites (tertiary alicyclic amines) is 1. The van der Waals surface area contributed by atoms with Crippen molar-refractivity contribution in [1.29, 1.82) is 0 Å². The highest BCUT2D eigenvalue weighted by molar-refractivity contribution is 5.75. The third-order valence-corrected chi connectivity index (χ3v) is 5.73. The first kappa shape index (κ1) is 16.4. The van der Waals surface area contributed by atoms with Crippen molar-refractivity contribution in [3.63, 3.8) is 0 Å². The summed E-state index contributed by atoms with van der Waals surface area (Å²) in [6, 6.07) is 7.02. The average molecular weight is 321 g/mol. The molecule has 5 heteroatoms. The Morgan fingerprint density at radius 3 is 2.39 bits per heavy atom. The molecule has 0 radical (unpaired) electrons. The number of carbonyl (C=O) groups is 1. The molecule has 1 aliphatic carbocycles. The van der Waals surface area contributed by atoms with Crippen LogP contribution in [-0.4, -0.2) is 46.8 Å². The third kappa shape index (κ3) is 3.26. The van der Waals surface area contributed by atoms with E-state index in [4.69, 9.17) is 0 Å². The van der Waals surface area contributed by atoms with Gasteiger partial charge in [-0.2, -0.15) is 0 Å². The van der Waals surface area contributed by atoms with Gasteiger partial charge in [-0.1, -0.05) is 12.1 Å². The molecule has 2 atom stereocenters. The summed E-state index contributed by atoms with van der Waals surface area (Å²) in [6.45, 7) is 1.60. The second kappa shape index (κ2) is 6.57. The van der Waals surface area contributed by atoms with Gasteiger partial charge < -0.3 is 15.1 Å². The molecule has 0 amide bonds. The topological polar surface area (TPSA) is 60.8 Å². The van der Waals surface area contributed by atoms with Crippen LogP contribution in [0, 0.1) is 11.2 Å². The molecular weight excluding hydrogens is 297 g/mol. The van der Waals surface area contributed by atoms with Crippen LogP contribution in [0.5, 0.6) is 0 Å². The fourth-order valence-corrected chi connectivity index (χ4v) is 4.15.